The molecular weight excluding hydrogens is 346 g/mol. The number of aromatic nitrogens is 1. The zero-order chi connectivity index (χ0) is 15.3. The number of nitrogens with zero attached hydrogens (tertiary/aromatic N) is 1. The van der Waals surface area contributed by atoms with Crippen molar-refractivity contribution < 1.29 is 14.3 Å². The molecule has 4 nitrogen and oxygen atoms in total. The molecule has 2 heterocycles. The van der Waals surface area contributed by atoms with Crippen molar-refractivity contribution in [3.63, 3.8) is 0 Å². The maximum Gasteiger partial charge on any atom is 0.349 e. The SMILES string of the molecule is O=C1OC(=O)c2c1c(-c1ccccc1)nc1ccc(Br)cc21. The normalized spacial score (nSPS) is 13.3. The molecule has 22 heavy (non-hydrogen) atoms. The van der Waals surface area contributed by atoms with Crippen LogP contribution in [0.3, 0.4) is 0 Å². The molecule has 0 saturated heterocycles. The van der Waals surface area contributed by atoms with E-state index in [0.29, 0.717) is 16.6 Å². The summed E-state index contributed by atoms with van der Waals surface area (Å²) < 4.78 is 5.62. The van der Waals surface area contributed by atoms with Crippen molar-refractivity contribution in [2.75, 3.05) is 0 Å². The first kappa shape index (κ1) is 13.2. The molecule has 0 saturated carbocycles. The largest absolute Gasteiger partial charge is 0.386 e. The summed E-state index contributed by atoms with van der Waals surface area (Å²) in [5.41, 5.74) is 2.42. The van der Waals surface area contributed by atoms with Crippen LogP contribution in [0, 0.1) is 0 Å². The third-order valence-corrected chi connectivity index (χ3v) is 4.08. The monoisotopic (exact) mass is 353 g/mol. The first-order valence-corrected chi connectivity index (χ1v) is 7.39. The third-order valence-electron chi connectivity index (χ3n) is 3.59. The molecule has 0 bridgehead atoms. The second-order valence-electron chi connectivity index (χ2n) is 4.91. The Morgan fingerprint density at radius 3 is 2.41 bits per heavy atom. The van der Waals surface area contributed by atoms with Crippen LogP contribution >= 0.6 is 15.9 Å². The van der Waals surface area contributed by atoms with Gasteiger partial charge in [-0.05, 0) is 18.2 Å². The van der Waals surface area contributed by atoms with Crippen LogP contribution in [0.4, 0.5) is 0 Å². The quantitative estimate of drug-likeness (QED) is 0.490. The van der Waals surface area contributed by atoms with Gasteiger partial charge >= 0.3 is 11.9 Å². The van der Waals surface area contributed by atoms with Gasteiger partial charge in [0.1, 0.15) is 5.56 Å². The van der Waals surface area contributed by atoms with Crippen molar-refractivity contribution >= 4 is 38.8 Å². The lowest BCUT2D eigenvalue weighted by molar-refractivity contribution is 0.0445. The minimum Gasteiger partial charge on any atom is -0.386 e. The number of hydrogen-bond donors (Lipinski definition) is 0. The highest BCUT2D eigenvalue weighted by Gasteiger charge is 2.35. The standard InChI is InChI=1S/C17H8BrNO3/c18-10-6-7-12-11(8-10)13-14(17(21)22-16(13)20)15(19-12)9-4-2-1-3-5-9/h1-8H. The topological polar surface area (TPSA) is 56.3 Å². The van der Waals surface area contributed by atoms with Crippen LogP contribution < -0.4 is 0 Å². The van der Waals surface area contributed by atoms with Crippen LogP contribution in [-0.2, 0) is 4.74 Å². The Bertz CT molecular complexity index is 951. The highest BCUT2D eigenvalue weighted by molar-refractivity contribution is 9.10. The molecule has 5 heteroatoms. The molecular formula is C17H8BrNO3. The lowest BCUT2D eigenvalue weighted by Gasteiger charge is -2.08. The van der Waals surface area contributed by atoms with E-state index in [4.69, 9.17) is 4.74 Å². The number of benzene rings is 2. The zero-order valence-electron chi connectivity index (χ0n) is 11.2. The van der Waals surface area contributed by atoms with E-state index in [1.165, 1.54) is 0 Å². The van der Waals surface area contributed by atoms with Gasteiger partial charge in [0.2, 0.25) is 0 Å². The van der Waals surface area contributed by atoms with E-state index in [0.717, 1.165) is 10.0 Å². The number of hydrogen-bond acceptors (Lipinski definition) is 4. The van der Waals surface area contributed by atoms with E-state index in [1.807, 2.05) is 42.5 Å². The minimum atomic E-state index is -0.645. The second kappa shape index (κ2) is 4.74. The summed E-state index contributed by atoms with van der Waals surface area (Å²) in [7, 11) is 0. The zero-order valence-corrected chi connectivity index (χ0v) is 12.8. The smallest absolute Gasteiger partial charge is 0.349 e. The highest BCUT2D eigenvalue weighted by Crippen LogP contribution is 2.35. The fourth-order valence-corrected chi connectivity index (χ4v) is 3.00. The van der Waals surface area contributed by atoms with Gasteiger partial charge in [-0.1, -0.05) is 46.3 Å². The number of esters is 2. The number of carbonyl (C=O) groups is 2. The molecule has 3 aromatic rings. The van der Waals surface area contributed by atoms with Gasteiger partial charge in [-0.25, -0.2) is 14.6 Å². The summed E-state index contributed by atoms with van der Waals surface area (Å²) in [5, 5.41) is 0.611. The molecule has 0 atom stereocenters. The Balaban J connectivity index is 2.16. The van der Waals surface area contributed by atoms with Gasteiger partial charge in [-0.3, -0.25) is 0 Å². The van der Waals surface area contributed by atoms with Gasteiger partial charge < -0.3 is 4.74 Å². The van der Waals surface area contributed by atoms with Gasteiger partial charge in [0.15, 0.2) is 0 Å². The molecule has 4 rings (SSSR count). The van der Waals surface area contributed by atoms with Crippen LogP contribution in [0.1, 0.15) is 20.7 Å². The fourth-order valence-electron chi connectivity index (χ4n) is 2.64. The van der Waals surface area contributed by atoms with E-state index in [9.17, 15) is 9.59 Å². The van der Waals surface area contributed by atoms with Gasteiger partial charge in [0, 0.05) is 15.4 Å². The average molecular weight is 354 g/mol. The third kappa shape index (κ3) is 1.86. The minimum absolute atomic E-state index is 0.238. The molecule has 0 radical (unpaired) electrons. The number of halogens is 1. The number of ether oxygens (including phenoxy) is 1. The molecule has 0 spiro atoms. The van der Waals surface area contributed by atoms with Gasteiger partial charge in [0.25, 0.3) is 0 Å². The highest BCUT2D eigenvalue weighted by atomic mass is 79.9. The first-order valence-electron chi connectivity index (χ1n) is 6.60. The average Bonchev–Trinajstić information content (AvgIpc) is 2.83. The molecule has 0 unspecified atom stereocenters. The second-order valence-corrected chi connectivity index (χ2v) is 5.83. The Labute approximate surface area is 133 Å². The maximum absolute atomic E-state index is 12.1. The summed E-state index contributed by atoms with van der Waals surface area (Å²) in [6.45, 7) is 0. The van der Waals surface area contributed by atoms with E-state index in [2.05, 4.69) is 20.9 Å². The molecule has 0 amide bonds. The molecule has 1 aromatic heterocycles. The predicted octanol–water partition coefficient (Wildman–Crippen LogP) is 3.97. The molecule has 0 N–H and O–H groups in total. The molecule has 0 aliphatic carbocycles. The van der Waals surface area contributed by atoms with Gasteiger partial charge in [0.05, 0.1) is 16.8 Å². The van der Waals surface area contributed by atoms with Crippen LogP contribution in [0.25, 0.3) is 22.2 Å². The molecule has 1 aliphatic heterocycles. The maximum atomic E-state index is 12.1. The van der Waals surface area contributed by atoms with E-state index in [1.54, 1.807) is 6.07 Å². The van der Waals surface area contributed by atoms with E-state index in [-0.39, 0.29) is 11.1 Å². The van der Waals surface area contributed by atoms with E-state index >= 15 is 0 Å². The number of carbonyl (C=O) groups excluding carboxylic acids is 2. The Hall–Kier alpha value is -2.53. The van der Waals surface area contributed by atoms with Crippen molar-refractivity contribution in [1.29, 1.82) is 0 Å². The Morgan fingerprint density at radius 1 is 0.909 bits per heavy atom. The van der Waals surface area contributed by atoms with Crippen molar-refractivity contribution in [2.45, 2.75) is 0 Å². The van der Waals surface area contributed by atoms with Crippen LogP contribution in [0.15, 0.2) is 53.0 Å². The lowest BCUT2D eigenvalue weighted by atomic mass is 9.98. The molecule has 106 valence electrons. The van der Waals surface area contributed by atoms with Crippen LogP contribution in [-0.4, -0.2) is 16.9 Å². The van der Waals surface area contributed by atoms with Crippen LogP contribution in [0.2, 0.25) is 0 Å². The Morgan fingerprint density at radius 2 is 1.64 bits per heavy atom. The van der Waals surface area contributed by atoms with Crippen LogP contribution in [0.5, 0.6) is 0 Å². The number of cyclic esters (lactones) is 2. The van der Waals surface area contributed by atoms with E-state index < -0.39 is 11.9 Å². The van der Waals surface area contributed by atoms with Crippen molar-refractivity contribution in [2.24, 2.45) is 0 Å². The lowest BCUT2D eigenvalue weighted by Crippen LogP contribution is -2.00. The Kier molecular flexibility index (Phi) is 2.84. The predicted molar refractivity (Wildman–Crippen MR) is 84.6 cm³/mol. The first-order chi connectivity index (χ1) is 10.6. The summed E-state index contributed by atoms with van der Waals surface area (Å²) >= 11 is 3.37. The summed E-state index contributed by atoms with van der Waals surface area (Å²) in [6, 6.07) is 14.7. The van der Waals surface area contributed by atoms with Crippen molar-refractivity contribution in [3.8, 4) is 11.3 Å². The number of rotatable bonds is 1. The van der Waals surface area contributed by atoms with Crippen molar-refractivity contribution in [1.82, 2.24) is 4.98 Å². The fraction of sp³-hybridized carbons (Fsp3) is 0. The van der Waals surface area contributed by atoms with Crippen molar-refractivity contribution in [3.05, 3.63) is 64.1 Å². The summed E-state index contributed by atoms with van der Waals surface area (Å²) in [6.07, 6.45) is 0. The van der Waals surface area contributed by atoms with Gasteiger partial charge in [-0.15, -0.1) is 0 Å². The molecule has 1 aliphatic rings. The molecule has 0 fully saturated rings. The number of fused-ring (bicyclic) bond motifs is 3. The number of pyridine rings is 1. The van der Waals surface area contributed by atoms with Gasteiger partial charge in [-0.2, -0.15) is 0 Å². The summed E-state index contributed by atoms with van der Waals surface area (Å²) in [5.74, 6) is -1.27. The molecule has 2 aromatic carbocycles. The summed E-state index contributed by atoms with van der Waals surface area (Å²) in [4.78, 5) is 28.8.